The van der Waals surface area contributed by atoms with Gasteiger partial charge in [0.2, 0.25) is 0 Å². The van der Waals surface area contributed by atoms with Gasteiger partial charge in [0, 0.05) is 48.5 Å². The van der Waals surface area contributed by atoms with E-state index in [9.17, 15) is 75.0 Å². The summed E-state index contributed by atoms with van der Waals surface area (Å²) in [6, 6.07) is 7.12. The summed E-state index contributed by atoms with van der Waals surface area (Å²) in [6.45, 7) is -0.359. The summed E-state index contributed by atoms with van der Waals surface area (Å²) in [5, 5.41) is 10.5. The van der Waals surface area contributed by atoms with Crippen molar-refractivity contribution in [3.8, 4) is 22.9 Å². The van der Waals surface area contributed by atoms with Crippen LogP contribution < -0.4 is 20.1 Å². The van der Waals surface area contributed by atoms with Gasteiger partial charge < -0.3 is 20.1 Å². The number of benzene rings is 2. The van der Waals surface area contributed by atoms with E-state index in [0.717, 1.165) is 61.8 Å². The minimum Gasteiger partial charge on any atom is -0.497 e. The van der Waals surface area contributed by atoms with Crippen molar-refractivity contribution >= 4 is 17.5 Å². The lowest BCUT2D eigenvalue weighted by Gasteiger charge is -2.12. The summed E-state index contributed by atoms with van der Waals surface area (Å²) in [4.78, 5) is 19.5. The third kappa shape index (κ3) is 11.1. The van der Waals surface area contributed by atoms with E-state index in [1.54, 1.807) is 0 Å². The number of carbonyl (C=O) groups is 1. The number of pyridine rings is 2. The first-order chi connectivity index (χ1) is 29.2. The second-order valence-electron chi connectivity index (χ2n) is 12.3. The van der Waals surface area contributed by atoms with Gasteiger partial charge in [-0.25, -0.2) is 36.9 Å². The molecule has 0 bridgehead atoms. The van der Waals surface area contributed by atoms with Gasteiger partial charge in [-0.15, -0.1) is 0 Å². The fourth-order valence-electron chi connectivity index (χ4n) is 5.15. The molecule has 0 atom stereocenters. The van der Waals surface area contributed by atoms with Crippen molar-refractivity contribution in [3.63, 3.8) is 0 Å². The Morgan fingerprint density at radius 1 is 0.571 bits per heavy atom. The van der Waals surface area contributed by atoms with E-state index in [1.807, 2.05) is 5.32 Å². The smallest absolute Gasteiger partial charge is 0.435 e. The highest BCUT2D eigenvalue weighted by Crippen LogP contribution is 2.38. The van der Waals surface area contributed by atoms with E-state index in [4.69, 9.17) is 4.74 Å². The van der Waals surface area contributed by atoms with Gasteiger partial charge in [0.15, 0.2) is 11.4 Å². The van der Waals surface area contributed by atoms with E-state index in [1.165, 1.54) is 7.11 Å². The number of hydrogen-bond donors (Lipinski definition) is 2. The van der Waals surface area contributed by atoms with Crippen LogP contribution in [0, 0.1) is 23.3 Å². The Balaban J connectivity index is 0.000000238. The molecule has 0 unspecified atom stereocenters. The molecule has 0 spiro atoms. The standard InChI is InChI=1S/C18H10F8N4O2.C18H12F8N4O/c1-32-9-4-10(19)15(11(20)5-9)16(31)28-14-3-2-8(7-27-14)30-13(18(24,25)26)6-12(29-30)17(21,22)23;1-31-10-4-12(19)11(13(20)5-10)8-28-16-3-2-9(7-27-16)30-15(18(24,25)26)6-14(29-30)17(21,22)23/h2-7H,1H3,(H,27,28,31);2-7H,8H2,1H3,(H,27,28). The number of amides is 1. The number of halogens is 16. The number of ether oxygens (including phenoxy) is 2. The van der Waals surface area contributed by atoms with Gasteiger partial charge in [0.05, 0.1) is 38.0 Å². The highest BCUT2D eigenvalue weighted by atomic mass is 19.4. The van der Waals surface area contributed by atoms with Crippen LogP contribution in [-0.2, 0) is 31.2 Å². The zero-order chi connectivity index (χ0) is 46.8. The lowest BCUT2D eigenvalue weighted by Crippen LogP contribution is -2.17. The number of methoxy groups -OCH3 is 2. The van der Waals surface area contributed by atoms with E-state index >= 15 is 0 Å². The summed E-state index contributed by atoms with van der Waals surface area (Å²) in [5.41, 5.74) is -9.04. The molecule has 336 valence electrons. The number of aromatic nitrogens is 6. The van der Waals surface area contributed by atoms with Gasteiger partial charge in [-0.05, 0) is 24.3 Å². The normalized spacial score (nSPS) is 12.1. The minimum absolute atomic E-state index is 0.00938. The lowest BCUT2D eigenvalue weighted by molar-refractivity contribution is -0.145. The van der Waals surface area contributed by atoms with Crippen LogP contribution in [0.15, 0.2) is 73.1 Å². The van der Waals surface area contributed by atoms with Crippen LogP contribution in [0.1, 0.15) is 38.7 Å². The Bertz CT molecular complexity index is 2540. The summed E-state index contributed by atoms with van der Waals surface area (Å²) in [6.07, 6.45) is -18.9. The molecular formula is C36H22F16N8O3. The summed E-state index contributed by atoms with van der Waals surface area (Å²) < 4.78 is 221. The Morgan fingerprint density at radius 2 is 0.968 bits per heavy atom. The third-order valence-corrected chi connectivity index (χ3v) is 8.08. The van der Waals surface area contributed by atoms with Crippen molar-refractivity contribution < 1.29 is 84.5 Å². The largest absolute Gasteiger partial charge is 0.497 e. The molecule has 0 aliphatic rings. The number of hydrogen-bond acceptors (Lipinski definition) is 8. The van der Waals surface area contributed by atoms with Gasteiger partial charge in [0.25, 0.3) is 5.91 Å². The molecule has 11 nitrogen and oxygen atoms in total. The van der Waals surface area contributed by atoms with E-state index in [0.29, 0.717) is 6.20 Å². The Hall–Kier alpha value is -7.09. The number of nitrogens with one attached hydrogen (secondary N) is 2. The topological polar surface area (TPSA) is 121 Å². The van der Waals surface area contributed by atoms with E-state index in [2.05, 4.69) is 30.2 Å². The van der Waals surface area contributed by atoms with Crippen LogP contribution in [0.5, 0.6) is 11.5 Å². The monoisotopic (exact) mass is 918 g/mol. The van der Waals surface area contributed by atoms with Gasteiger partial charge in [-0.1, -0.05) is 0 Å². The molecule has 0 aliphatic carbocycles. The highest BCUT2D eigenvalue weighted by Gasteiger charge is 2.43. The molecule has 63 heavy (non-hydrogen) atoms. The molecule has 2 aromatic carbocycles. The van der Waals surface area contributed by atoms with Crippen molar-refractivity contribution in [2.24, 2.45) is 0 Å². The fourth-order valence-corrected chi connectivity index (χ4v) is 5.15. The molecule has 6 aromatic rings. The van der Waals surface area contributed by atoms with Gasteiger partial charge in [-0.3, -0.25) is 4.79 Å². The molecule has 2 N–H and O–H groups in total. The zero-order valence-corrected chi connectivity index (χ0v) is 31.1. The Kier molecular flexibility index (Phi) is 13.2. The van der Waals surface area contributed by atoms with Crippen LogP contribution in [0.2, 0.25) is 0 Å². The molecule has 4 heterocycles. The number of rotatable bonds is 9. The van der Waals surface area contributed by atoms with Gasteiger partial charge in [-0.2, -0.15) is 62.9 Å². The highest BCUT2D eigenvalue weighted by molar-refractivity contribution is 6.04. The molecule has 0 saturated heterocycles. The third-order valence-electron chi connectivity index (χ3n) is 8.08. The summed E-state index contributed by atoms with van der Waals surface area (Å²) in [7, 11) is 2.39. The predicted octanol–water partition coefficient (Wildman–Crippen LogP) is 10.0. The van der Waals surface area contributed by atoms with Crippen molar-refractivity contribution in [2.45, 2.75) is 31.2 Å². The van der Waals surface area contributed by atoms with Crippen molar-refractivity contribution in [1.82, 2.24) is 29.5 Å². The van der Waals surface area contributed by atoms with Crippen LogP contribution in [0.25, 0.3) is 11.4 Å². The van der Waals surface area contributed by atoms with Crippen LogP contribution >= 0.6 is 0 Å². The summed E-state index contributed by atoms with van der Waals surface area (Å²) >= 11 is 0. The molecule has 1 amide bonds. The first-order valence-corrected chi connectivity index (χ1v) is 16.7. The molecule has 0 aliphatic heterocycles. The van der Waals surface area contributed by atoms with E-state index < -0.39 is 93.6 Å². The second-order valence-corrected chi connectivity index (χ2v) is 12.3. The summed E-state index contributed by atoms with van der Waals surface area (Å²) in [5.74, 6) is -6.10. The van der Waals surface area contributed by atoms with Crippen LogP contribution in [-0.4, -0.2) is 49.7 Å². The van der Waals surface area contributed by atoms with Crippen molar-refractivity contribution in [1.29, 1.82) is 0 Å². The van der Waals surface area contributed by atoms with Gasteiger partial charge in [0.1, 0.15) is 63.4 Å². The number of carbonyl (C=O) groups excluding carboxylic acids is 1. The van der Waals surface area contributed by atoms with Crippen LogP contribution in [0.4, 0.5) is 81.9 Å². The van der Waals surface area contributed by atoms with Gasteiger partial charge >= 0.3 is 24.7 Å². The average Bonchev–Trinajstić information content (AvgIpc) is 3.86. The molecule has 27 heteroatoms. The first kappa shape index (κ1) is 47.0. The number of alkyl halides is 12. The maximum Gasteiger partial charge on any atom is 0.435 e. The van der Waals surface area contributed by atoms with Crippen molar-refractivity contribution in [2.75, 3.05) is 24.9 Å². The molecule has 0 saturated carbocycles. The molecular weight excluding hydrogens is 896 g/mol. The first-order valence-electron chi connectivity index (χ1n) is 16.7. The zero-order valence-electron chi connectivity index (χ0n) is 31.1. The maximum atomic E-state index is 14.0. The maximum absolute atomic E-state index is 14.0. The number of nitrogens with zero attached hydrogens (tertiary/aromatic N) is 6. The predicted molar refractivity (Wildman–Crippen MR) is 184 cm³/mol. The van der Waals surface area contributed by atoms with Crippen LogP contribution in [0.3, 0.4) is 0 Å². The average molecular weight is 919 g/mol. The minimum atomic E-state index is -5.16. The quantitative estimate of drug-likeness (QED) is 0.138. The Morgan fingerprint density at radius 3 is 1.32 bits per heavy atom. The number of anilines is 2. The van der Waals surface area contributed by atoms with E-state index in [-0.39, 0.29) is 56.7 Å². The van der Waals surface area contributed by atoms with Crippen molar-refractivity contribution in [3.05, 3.63) is 130 Å². The SMILES string of the molecule is COc1cc(F)c(C(=O)Nc2ccc(-n3nc(C(F)(F)F)cc3C(F)(F)F)cn2)c(F)c1.COc1cc(F)c(CNc2ccc(-n3nc(C(F)(F)F)cc3C(F)(F)F)cn2)c(F)c1. The molecule has 0 radical (unpaired) electrons. The molecule has 4 aromatic heterocycles. The lowest BCUT2D eigenvalue weighted by atomic mass is 10.1. The molecule has 6 rings (SSSR count). The molecule has 0 fully saturated rings. The second kappa shape index (κ2) is 17.7. The fraction of sp³-hybridized carbons (Fsp3) is 0.194. The Labute approximate surface area is 340 Å².